The van der Waals surface area contributed by atoms with Gasteiger partial charge in [-0.25, -0.2) is 9.78 Å². The fourth-order valence-electron chi connectivity index (χ4n) is 1.26. The number of nitrogens with two attached hydrogens (primary N) is 1. The van der Waals surface area contributed by atoms with Crippen LogP contribution in [0, 0.1) is 6.92 Å². The SMILES string of the molecule is Cc1nc(N)nc(=O)n1C[C@@H](CO)OCP. The van der Waals surface area contributed by atoms with Gasteiger partial charge in [-0.2, -0.15) is 4.98 Å². The monoisotopic (exact) mass is 246 g/mol. The Kier molecular flexibility index (Phi) is 4.79. The minimum atomic E-state index is -0.490. The molecule has 0 aliphatic rings. The Morgan fingerprint density at radius 1 is 1.62 bits per heavy atom. The number of aliphatic hydroxyl groups excluding tert-OH is 1. The van der Waals surface area contributed by atoms with Crippen LogP contribution < -0.4 is 11.4 Å². The highest BCUT2D eigenvalue weighted by molar-refractivity contribution is 7.16. The van der Waals surface area contributed by atoms with Crippen molar-refractivity contribution >= 4 is 15.2 Å². The Labute approximate surface area is 94.9 Å². The van der Waals surface area contributed by atoms with Gasteiger partial charge in [-0.3, -0.25) is 4.57 Å². The maximum absolute atomic E-state index is 11.5. The number of nitrogen functional groups attached to an aromatic ring is 1. The first-order valence-electron chi connectivity index (χ1n) is 4.72. The maximum atomic E-state index is 11.5. The number of hydrogen-bond donors (Lipinski definition) is 2. The van der Waals surface area contributed by atoms with E-state index in [0.29, 0.717) is 12.2 Å². The molecule has 0 fully saturated rings. The van der Waals surface area contributed by atoms with Crippen LogP contribution in [0.2, 0.25) is 0 Å². The molecule has 8 heteroatoms. The van der Waals surface area contributed by atoms with Gasteiger partial charge >= 0.3 is 5.69 Å². The van der Waals surface area contributed by atoms with Gasteiger partial charge in [0, 0.05) is 0 Å². The molecule has 1 unspecified atom stereocenters. The Morgan fingerprint density at radius 3 is 2.81 bits per heavy atom. The zero-order chi connectivity index (χ0) is 12.1. The molecule has 0 spiro atoms. The third-order valence-corrected chi connectivity index (χ3v) is 2.22. The van der Waals surface area contributed by atoms with E-state index in [4.69, 9.17) is 15.6 Å². The lowest BCUT2D eigenvalue weighted by Crippen LogP contribution is -2.34. The first-order valence-corrected chi connectivity index (χ1v) is 5.53. The standard InChI is InChI=1S/C8H15N4O3P/c1-5-10-7(9)11-8(14)12(5)2-6(3-13)15-4-16/h6,13H,2-4,16H2,1H3,(H2,9,11,14)/t6-/m0/s1. The van der Waals surface area contributed by atoms with E-state index >= 15 is 0 Å². The van der Waals surface area contributed by atoms with E-state index in [-0.39, 0.29) is 19.1 Å². The molecule has 0 saturated carbocycles. The van der Waals surface area contributed by atoms with Crippen LogP contribution in [-0.2, 0) is 11.3 Å². The van der Waals surface area contributed by atoms with Gasteiger partial charge in [-0.05, 0) is 6.92 Å². The first kappa shape index (κ1) is 13.0. The lowest BCUT2D eigenvalue weighted by Gasteiger charge is -2.16. The Morgan fingerprint density at radius 2 is 2.31 bits per heavy atom. The van der Waals surface area contributed by atoms with E-state index < -0.39 is 11.8 Å². The molecule has 1 aromatic heterocycles. The molecule has 0 radical (unpaired) electrons. The van der Waals surface area contributed by atoms with E-state index in [0.717, 1.165) is 0 Å². The lowest BCUT2D eigenvalue weighted by atomic mass is 10.3. The molecule has 2 atom stereocenters. The van der Waals surface area contributed by atoms with Crippen LogP contribution in [0.15, 0.2) is 4.79 Å². The molecule has 3 N–H and O–H groups in total. The predicted molar refractivity (Wildman–Crippen MR) is 62.0 cm³/mol. The maximum Gasteiger partial charge on any atom is 0.352 e. The molecule has 0 amide bonds. The summed E-state index contributed by atoms with van der Waals surface area (Å²) in [4.78, 5) is 18.9. The zero-order valence-corrected chi connectivity index (χ0v) is 10.1. The average Bonchev–Trinajstić information content (AvgIpc) is 2.21. The summed E-state index contributed by atoms with van der Waals surface area (Å²) in [5, 5.41) is 9.04. The summed E-state index contributed by atoms with van der Waals surface area (Å²) >= 11 is 0. The van der Waals surface area contributed by atoms with Crippen LogP contribution in [0.1, 0.15) is 5.82 Å². The van der Waals surface area contributed by atoms with E-state index in [1.165, 1.54) is 4.57 Å². The van der Waals surface area contributed by atoms with Crippen molar-refractivity contribution in [3.05, 3.63) is 16.3 Å². The fraction of sp³-hybridized carbons (Fsp3) is 0.625. The van der Waals surface area contributed by atoms with Gasteiger partial charge < -0.3 is 15.6 Å². The smallest absolute Gasteiger partial charge is 0.352 e. The molecule has 1 heterocycles. The molecular formula is C8H15N4O3P. The highest BCUT2D eigenvalue weighted by Gasteiger charge is 2.12. The summed E-state index contributed by atoms with van der Waals surface area (Å²) < 4.78 is 6.52. The number of aryl methyl sites for hydroxylation is 1. The van der Waals surface area contributed by atoms with E-state index in [1.54, 1.807) is 6.92 Å². The Hall–Kier alpha value is -1.04. The average molecular weight is 246 g/mol. The predicted octanol–water partition coefficient (Wildman–Crippen LogP) is -1.26. The summed E-state index contributed by atoms with van der Waals surface area (Å²) in [6.45, 7) is 1.68. The van der Waals surface area contributed by atoms with Crippen LogP contribution in [0.25, 0.3) is 0 Å². The van der Waals surface area contributed by atoms with Crippen LogP contribution in [-0.4, -0.2) is 38.7 Å². The van der Waals surface area contributed by atoms with Crippen molar-refractivity contribution in [3.63, 3.8) is 0 Å². The number of anilines is 1. The number of nitrogens with zero attached hydrogens (tertiary/aromatic N) is 3. The summed E-state index contributed by atoms with van der Waals surface area (Å²) in [5.74, 6) is 0.398. The molecule has 1 rings (SSSR count). The van der Waals surface area contributed by atoms with Crippen molar-refractivity contribution in [2.45, 2.75) is 19.6 Å². The van der Waals surface area contributed by atoms with E-state index in [9.17, 15) is 4.79 Å². The van der Waals surface area contributed by atoms with Gasteiger partial charge in [0.05, 0.1) is 25.6 Å². The van der Waals surface area contributed by atoms with Gasteiger partial charge in [0.15, 0.2) is 0 Å². The van der Waals surface area contributed by atoms with Gasteiger partial charge in [0.25, 0.3) is 0 Å². The molecule has 0 aromatic carbocycles. The van der Waals surface area contributed by atoms with Crippen molar-refractivity contribution in [3.8, 4) is 0 Å². The van der Waals surface area contributed by atoms with E-state index in [2.05, 4.69) is 19.2 Å². The van der Waals surface area contributed by atoms with Crippen LogP contribution in [0.4, 0.5) is 5.95 Å². The fourth-order valence-corrected chi connectivity index (χ4v) is 1.53. The van der Waals surface area contributed by atoms with Crippen molar-refractivity contribution in [2.24, 2.45) is 0 Å². The quantitative estimate of drug-likeness (QED) is 0.628. The highest BCUT2D eigenvalue weighted by Crippen LogP contribution is 2.00. The third-order valence-electron chi connectivity index (χ3n) is 2.03. The molecule has 0 bridgehead atoms. The normalized spacial score (nSPS) is 12.7. The summed E-state index contributed by atoms with van der Waals surface area (Å²) in [5.41, 5.74) is 4.84. The number of rotatable bonds is 5. The second kappa shape index (κ2) is 5.89. The van der Waals surface area contributed by atoms with Crippen LogP contribution in [0.3, 0.4) is 0 Å². The minimum Gasteiger partial charge on any atom is -0.394 e. The highest BCUT2D eigenvalue weighted by atomic mass is 31.0. The summed E-state index contributed by atoms with van der Waals surface area (Å²) in [7, 11) is 2.38. The number of ether oxygens (including phenoxy) is 1. The molecule has 90 valence electrons. The molecule has 0 saturated heterocycles. The Bertz CT molecular complexity index is 409. The number of aromatic nitrogens is 3. The van der Waals surface area contributed by atoms with Gasteiger partial charge in [0.1, 0.15) is 5.82 Å². The molecule has 1 aromatic rings. The topological polar surface area (TPSA) is 103 Å². The molecular weight excluding hydrogens is 231 g/mol. The largest absolute Gasteiger partial charge is 0.394 e. The first-order chi connectivity index (χ1) is 7.58. The second-order valence-corrected chi connectivity index (χ2v) is 3.49. The van der Waals surface area contributed by atoms with Crippen molar-refractivity contribution in [1.29, 1.82) is 0 Å². The van der Waals surface area contributed by atoms with Crippen molar-refractivity contribution < 1.29 is 9.84 Å². The molecule has 0 aliphatic heterocycles. The van der Waals surface area contributed by atoms with Gasteiger partial charge in [-0.1, -0.05) is 0 Å². The molecule has 0 aliphatic carbocycles. The molecule has 7 nitrogen and oxygen atoms in total. The zero-order valence-electron chi connectivity index (χ0n) is 8.96. The van der Waals surface area contributed by atoms with E-state index in [1.807, 2.05) is 0 Å². The number of aliphatic hydroxyl groups is 1. The van der Waals surface area contributed by atoms with Crippen LogP contribution in [0.5, 0.6) is 0 Å². The summed E-state index contributed by atoms with van der Waals surface area (Å²) in [6, 6.07) is 0. The van der Waals surface area contributed by atoms with Gasteiger partial charge in [0.2, 0.25) is 5.95 Å². The third kappa shape index (κ3) is 3.23. The van der Waals surface area contributed by atoms with Crippen molar-refractivity contribution in [2.75, 3.05) is 18.7 Å². The summed E-state index contributed by atoms with van der Waals surface area (Å²) in [6.07, 6.45) is -0.0735. The lowest BCUT2D eigenvalue weighted by molar-refractivity contribution is 0.0269. The minimum absolute atomic E-state index is 0.0498. The van der Waals surface area contributed by atoms with Crippen molar-refractivity contribution in [1.82, 2.24) is 14.5 Å². The van der Waals surface area contributed by atoms with Crippen LogP contribution >= 0.6 is 9.24 Å². The Balaban J connectivity index is 2.92. The van der Waals surface area contributed by atoms with Gasteiger partial charge in [-0.15, -0.1) is 9.24 Å². The number of hydrogen-bond acceptors (Lipinski definition) is 6. The second-order valence-electron chi connectivity index (χ2n) is 3.16. The molecule has 16 heavy (non-hydrogen) atoms.